The van der Waals surface area contributed by atoms with Crippen molar-refractivity contribution < 1.29 is 0 Å². The number of nitrogens with zero attached hydrogens (tertiary/aromatic N) is 3. The Bertz CT molecular complexity index is 802. The number of hydrogen-bond donors (Lipinski definition) is 1. The van der Waals surface area contributed by atoms with E-state index in [0.717, 1.165) is 29.0 Å². The van der Waals surface area contributed by atoms with Gasteiger partial charge in [-0.15, -0.1) is 0 Å². The van der Waals surface area contributed by atoms with E-state index in [0.29, 0.717) is 5.84 Å². The lowest BCUT2D eigenvalue weighted by molar-refractivity contribution is 0.443. The fraction of sp³-hybridized carbons (Fsp3) is 0.286. The lowest BCUT2D eigenvalue weighted by Crippen LogP contribution is -2.24. The fourth-order valence-corrected chi connectivity index (χ4v) is 3.79. The summed E-state index contributed by atoms with van der Waals surface area (Å²) in [5, 5.41) is 14.8. The largest absolute Gasteiger partial charge is 0.277 e. The van der Waals surface area contributed by atoms with Crippen LogP contribution < -0.4 is 5.32 Å². The van der Waals surface area contributed by atoms with Crippen LogP contribution in [-0.4, -0.2) is 16.9 Å². The van der Waals surface area contributed by atoms with Gasteiger partial charge in [-0.2, -0.15) is 5.26 Å². The Morgan fingerprint density at radius 2 is 1.96 bits per heavy atom. The summed E-state index contributed by atoms with van der Waals surface area (Å²) < 4.78 is 0. The molecule has 0 spiro atoms. The zero-order chi connectivity index (χ0) is 18.0. The molecule has 0 bridgehead atoms. The van der Waals surface area contributed by atoms with E-state index in [1.807, 2.05) is 41.9 Å². The maximum atomic E-state index is 9.16. The molecular weight excluding hydrogens is 340 g/mol. The summed E-state index contributed by atoms with van der Waals surface area (Å²) in [6.07, 6.45) is 11.7. The van der Waals surface area contributed by atoms with Crippen molar-refractivity contribution in [3.8, 4) is 6.19 Å². The predicted molar refractivity (Wildman–Crippen MR) is 108 cm³/mol. The Morgan fingerprint density at radius 1 is 1.15 bits per heavy atom. The third-order valence-electron chi connectivity index (χ3n) is 4.33. The zero-order valence-corrected chi connectivity index (χ0v) is 15.5. The first-order chi connectivity index (χ1) is 12.9. The first kappa shape index (κ1) is 18.2. The molecule has 0 aliphatic heterocycles. The van der Waals surface area contributed by atoms with Crippen LogP contribution in [0.4, 0.5) is 0 Å². The molecule has 4 nitrogen and oxygen atoms in total. The summed E-state index contributed by atoms with van der Waals surface area (Å²) in [6, 6.07) is 14.3. The van der Waals surface area contributed by atoms with Crippen LogP contribution in [0, 0.1) is 11.5 Å². The Labute approximate surface area is 159 Å². The highest BCUT2D eigenvalue weighted by Crippen LogP contribution is 2.25. The molecule has 0 atom stereocenters. The first-order valence-corrected chi connectivity index (χ1v) is 9.81. The van der Waals surface area contributed by atoms with Crippen molar-refractivity contribution in [1.82, 2.24) is 10.3 Å². The molecule has 1 aromatic carbocycles. The number of aromatic nitrogens is 1. The number of amidine groups is 1. The topological polar surface area (TPSA) is 61.1 Å². The first-order valence-electron chi connectivity index (χ1n) is 8.93. The Morgan fingerprint density at radius 3 is 2.73 bits per heavy atom. The average molecular weight is 363 g/mol. The summed E-state index contributed by atoms with van der Waals surface area (Å²) in [4.78, 5) is 9.32. The van der Waals surface area contributed by atoms with Crippen molar-refractivity contribution in [2.45, 2.75) is 43.2 Å². The molecule has 132 valence electrons. The fourth-order valence-electron chi connectivity index (χ4n) is 3.02. The monoisotopic (exact) mass is 362 g/mol. The van der Waals surface area contributed by atoms with Crippen molar-refractivity contribution in [2.75, 3.05) is 0 Å². The third kappa shape index (κ3) is 5.21. The molecule has 0 unspecified atom stereocenters. The molecule has 1 aliphatic rings. The Balaban J connectivity index is 1.80. The van der Waals surface area contributed by atoms with Gasteiger partial charge in [0.05, 0.1) is 11.6 Å². The molecule has 1 N–H and O–H groups in total. The van der Waals surface area contributed by atoms with Crippen molar-refractivity contribution >= 4 is 23.7 Å². The number of rotatable bonds is 5. The van der Waals surface area contributed by atoms with Gasteiger partial charge < -0.3 is 0 Å². The molecule has 1 aromatic heterocycles. The van der Waals surface area contributed by atoms with E-state index in [-0.39, 0.29) is 6.04 Å². The number of nitrogens with one attached hydrogen (secondary N) is 1. The zero-order valence-electron chi connectivity index (χ0n) is 14.6. The highest BCUT2D eigenvalue weighted by atomic mass is 32.2. The lowest BCUT2D eigenvalue weighted by atomic mass is 9.96. The van der Waals surface area contributed by atoms with Crippen LogP contribution >= 0.6 is 11.8 Å². The molecule has 1 saturated carbocycles. The van der Waals surface area contributed by atoms with Crippen molar-refractivity contribution in [3.63, 3.8) is 0 Å². The second-order valence-corrected chi connectivity index (χ2v) is 7.09. The molecule has 1 aliphatic carbocycles. The summed E-state index contributed by atoms with van der Waals surface area (Å²) in [5.74, 6) is 0.628. The van der Waals surface area contributed by atoms with Crippen molar-refractivity contribution in [2.24, 2.45) is 4.99 Å². The Hall–Kier alpha value is -2.58. The van der Waals surface area contributed by atoms with Crippen LogP contribution in [0.2, 0.25) is 0 Å². The molecular formula is C21H22N4S. The van der Waals surface area contributed by atoms with Gasteiger partial charge in [0.2, 0.25) is 0 Å². The quantitative estimate of drug-likeness (QED) is 0.267. The highest BCUT2D eigenvalue weighted by molar-refractivity contribution is 8.02. The van der Waals surface area contributed by atoms with E-state index >= 15 is 0 Å². The lowest BCUT2D eigenvalue weighted by Gasteiger charge is -2.19. The highest BCUT2D eigenvalue weighted by Gasteiger charge is 2.16. The van der Waals surface area contributed by atoms with Crippen LogP contribution in [0.15, 0.2) is 64.1 Å². The second kappa shape index (κ2) is 9.79. The smallest absolute Gasteiger partial charge is 0.182 e. The number of hydrogen-bond acceptors (Lipinski definition) is 4. The summed E-state index contributed by atoms with van der Waals surface area (Å²) in [7, 11) is 0. The molecule has 3 rings (SSSR count). The van der Waals surface area contributed by atoms with Gasteiger partial charge in [-0.25, -0.2) is 4.98 Å². The van der Waals surface area contributed by atoms with Crippen molar-refractivity contribution in [1.29, 1.82) is 5.26 Å². The van der Waals surface area contributed by atoms with Gasteiger partial charge in [0, 0.05) is 6.20 Å². The van der Waals surface area contributed by atoms with E-state index in [1.165, 1.54) is 31.0 Å². The van der Waals surface area contributed by atoms with Crippen LogP contribution in [0.25, 0.3) is 6.08 Å². The minimum absolute atomic E-state index is 0.289. The predicted octanol–water partition coefficient (Wildman–Crippen LogP) is 4.99. The van der Waals surface area contributed by atoms with E-state index < -0.39 is 0 Å². The number of nitriles is 1. The average Bonchev–Trinajstić information content (AvgIpc) is 2.70. The van der Waals surface area contributed by atoms with Crippen LogP contribution in [-0.2, 0) is 0 Å². The van der Waals surface area contributed by atoms with Gasteiger partial charge in [0.25, 0.3) is 0 Å². The SMILES string of the molecule is N#CNC(=NC1CCCCC1)c1cccnc1SC=Cc1ccccc1. The van der Waals surface area contributed by atoms with Gasteiger partial charge in [-0.05, 0) is 42.0 Å². The Kier molecular flexibility index (Phi) is 6.86. The third-order valence-corrected chi connectivity index (χ3v) is 5.15. The van der Waals surface area contributed by atoms with Crippen molar-refractivity contribution in [3.05, 3.63) is 65.2 Å². The molecule has 0 radical (unpaired) electrons. The summed E-state index contributed by atoms with van der Waals surface area (Å²) in [6.45, 7) is 0. The summed E-state index contributed by atoms with van der Waals surface area (Å²) in [5.41, 5.74) is 2.02. The van der Waals surface area contributed by atoms with E-state index in [4.69, 9.17) is 10.3 Å². The van der Waals surface area contributed by atoms with E-state index in [9.17, 15) is 0 Å². The van der Waals surface area contributed by atoms with Gasteiger partial charge >= 0.3 is 0 Å². The molecule has 2 aromatic rings. The number of benzene rings is 1. The van der Waals surface area contributed by atoms with E-state index in [1.54, 1.807) is 6.20 Å². The van der Waals surface area contributed by atoms with Crippen LogP contribution in [0.3, 0.4) is 0 Å². The minimum Gasteiger partial charge on any atom is -0.277 e. The van der Waals surface area contributed by atoms with Gasteiger partial charge in [0.15, 0.2) is 6.19 Å². The van der Waals surface area contributed by atoms with Crippen LogP contribution in [0.5, 0.6) is 0 Å². The maximum Gasteiger partial charge on any atom is 0.182 e. The number of pyridine rings is 1. The molecule has 0 amide bonds. The van der Waals surface area contributed by atoms with E-state index in [2.05, 4.69) is 28.5 Å². The normalized spacial score (nSPS) is 15.7. The number of aliphatic imine (C=N–C) groups is 1. The summed E-state index contributed by atoms with van der Waals surface area (Å²) >= 11 is 1.54. The molecule has 26 heavy (non-hydrogen) atoms. The van der Waals surface area contributed by atoms with Gasteiger partial charge in [0.1, 0.15) is 10.9 Å². The minimum atomic E-state index is 0.289. The molecule has 5 heteroatoms. The molecule has 1 heterocycles. The maximum absolute atomic E-state index is 9.16. The van der Waals surface area contributed by atoms with Gasteiger partial charge in [-0.3, -0.25) is 10.3 Å². The van der Waals surface area contributed by atoms with Gasteiger partial charge in [-0.1, -0.05) is 61.4 Å². The second-order valence-electron chi connectivity index (χ2n) is 6.19. The van der Waals surface area contributed by atoms with Crippen LogP contribution in [0.1, 0.15) is 43.2 Å². The number of thioether (sulfide) groups is 1. The standard InChI is InChI=1S/C21H22N4S/c22-16-24-20(25-18-10-5-2-6-11-18)19-12-7-14-23-21(19)26-15-13-17-8-3-1-4-9-17/h1,3-4,7-9,12-15,18H,2,5-6,10-11H2,(H,24,25). The molecule has 0 saturated heterocycles. The molecule has 1 fully saturated rings.